The van der Waals surface area contributed by atoms with Gasteiger partial charge < -0.3 is 15.5 Å². The van der Waals surface area contributed by atoms with Crippen molar-refractivity contribution in [1.29, 1.82) is 0 Å². The zero-order valence-corrected chi connectivity index (χ0v) is 10.7. The van der Waals surface area contributed by atoms with Crippen molar-refractivity contribution in [2.45, 2.75) is 50.7 Å². The Kier molecular flexibility index (Phi) is 4.68. The van der Waals surface area contributed by atoms with E-state index in [0.717, 1.165) is 18.5 Å². The topological polar surface area (TPSA) is 83.2 Å². The van der Waals surface area contributed by atoms with Gasteiger partial charge in [0.15, 0.2) is 0 Å². The molecule has 18 heavy (non-hydrogen) atoms. The van der Waals surface area contributed by atoms with E-state index in [2.05, 4.69) is 15.6 Å². The second-order valence-corrected chi connectivity index (χ2v) is 5.05. The predicted molar refractivity (Wildman–Crippen MR) is 66.8 cm³/mol. The molecule has 6 heteroatoms. The van der Waals surface area contributed by atoms with E-state index < -0.39 is 0 Å². The van der Waals surface area contributed by atoms with E-state index in [1.54, 1.807) is 4.68 Å². The summed E-state index contributed by atoms with van der Waals surface area (Å²) in [5, 5.41) is 29.7. The Labute approximate surface area is 107 Å². The van der Waals surface area contributed by atoms with E-state index in [0.29, 0.717) is 19.5 Å². The maximum absolute atomic E-state index is 9.48. The molecule has 1 aliphatic rings. The number of rotatable bonds is 7. The first-order chi connectivity index (χ1) is 8.78. The van der Waals surface area contributed by atoms with Crippen LogP contribution in [0.2, 0.25) is 0 Å². The van der Waals surface area contributed by atoms with Crippen LogP contribution < -0.4 is 5.32 Å². The molecule has 0 saturated heterocycles. The van der Waals surface area contributed by atoms with Crippen molar-refractivity contribution < 1.29 is 10.2 Å². The van der Waals surface area contributed by atoms with Gasteiger partial charge >= 0.3 is 0 Å². The van der Waals surface area contributed by atoms with Crippen LogP contribution in [0.25, 0.3) is 0 Å². The molecule has 6 nitrogen and oxygen atoms in total. The molecule has 3 N–H and O–H groups in total. The Hall–Kier alpha value is -0.980. The fourth-order valence-corrected chi connectivity index (χ4v) is 2.48. The van der Waals surface area contributed by atoms with Gasteiger partial charge in [0.05, 0.1) is 12.3 Å². The molecule has 1 aromatic heterocycles. The van der Waals surface area contributed by atoms with Crippen molar-refractivity contribution in [2.24, 2.45) is 0 Å². The lowest BCUT2D eigenvalue weighted by Crippen LogP contribution is -2.45. The van der Waals surface area contributed by atoms with Crippen molar-refractivity contribution in [3.63, 3.8) is 0 Å². The van der Waals surface area contributed by atoms with Crippen LogP contribution in [0.15, 0.2) is 6.20 Å². The highest BCUT2D eigenvalue weighted by Gasteiger charge is 2.32. The van der Waals surface area contributed by atoms with Gasteiger partial charge in [-0.15, -0.1) is 5.10 Å². The number of hydrogen-bond acceptors (Lipinski definition) is 5. The number of aliphatic hydroxyl groups excluding tert-OH is 2. The van der Waals surface area contributed by atoms with Gasteiger partial charge in [-0.1, -0.05) is 18.1 Å². The third kappa shape index (κ3) is 3.28. The zero-order valence-electron chi connectivity index (χ0n) is 10.7. The highest BCUT2D eigenvalue weighted by Crippen LogP contribution is 2.29. The average molecular weight is 254 g/mol. The van der Waals surface area contributed by atoms with E-state index in [9.17, 15) is 5.11 Å². The number of nitrogens with zero attached hydrogens (tertiary/aromatic N) is 3. The largest absolute Gasteiger partial charge is 0.396 e. The molecule has 0 atom stereocenters. The summed E-state index contributed by atoms with van der Waals surface area (Å²) >= 11 is 0. The molecular weight excluding hydrogens is 232 g/mol. The standard InChI is InChI=1S/C12H22N4O2/c17-7-3-6-16-9-11(14-15-16)8-13-12(10-18)4-1-2-5-12/h9,13,17-18H,1-8,10H2. The number of nitrogens with one attached hydrogen (secondary N) is 1. The van der Waals surface area contributed by atoms with E-state index in [-0.39, 0.29) is 18.8 Å². The molecule has 1 heterocycles. The van der Waals surface area contributed by atoms with Gasteiger partial charge in [0, 0.05) is 31.4 Å². The van der Waals surface area contributed by atoms with Gasteiger partial charge in [-0.25, -0.2) is 0 Å². The van der Waals surface area contributed by atoms with Crippen LogP contribution in [0.5, 0.6) is 0 Å². The van der Waals surface area contributed by atoms with Crippen LogP contribution in [-0.4, -0.2) is 44.0 Å². The fraction of sp³-hybridized carbons (Fsp3) is 0.833. The van der Waals surface area contributed by atoms with Gasteiger partial charge in [-0.2, -0.15) is 0 Å². The summed E-state index contributed by atoms with van der Waals surface area (Å²) in [7, 11) is 0. The molecule has 0 aromatic carbocycles. The van der Waals surface area contributed by atoms with Crippen LogP contribution >= 0.6 is 0 Å². The number of hydrogen-bond donors (Lipinski definition) is 3. The van der Waals surface area contributed by atoms with E-state index in [1.165, 1.54) is 12.8 Å². The smallest absolute Gasteiger partial charge is 0.0965 e. The van der Waals surface area contributed by atoms with Gasteiger partial charge in [-0.3, -0.25) is 4.68 Å². The number of aromatic nitrogens is 3. The zero-order chi connectivity index (χ0) is 12.8. The van der Waals surface area contributed by atoms with Crippen LogP contribution in [0.3, 0.4) is 0 Å². The third-order valence-corrected chi connectivity index (χ3v) is 3.64. The molecule has 0 amide bonds. The molecular formula is C12H22N4O2. The van der Waals surface area contributed by atoms with Crippen LogP contribution in [0.1, 0.15) is 37.8 Å². The van der Waals surface area contributed by atoms with E-state index >= 15 is 0 Å². The second-order valence-electron chi connectivity index (χ2n) is 5.05. The average Bonchev–Trinajstić information content (AvgIpc) is 3.04. The summed E-state index contributed by atoms with van der Waals surface area (Å²) in [6.07, 6.45) is 7.00. The highest BCUT2D eigenvalue weighted by atomic mass is 16.3. The van der Waals surface area contributed by atoms with Gasteiger partial charge in [0.25, 0.3) is 0 Å². The minimum absolute atomic E-state index is 0.116. The summed E-state index contributed by atoms with van der Waals surface area (Å²) in [4.78, 5) is 0. The van der Waals surface area contributed by atoms with E-state index in [4.69, 9.17) is 5.11 Å². The second kappa shape index (κ2) is 6.26. The Morgan fingerprint density at radius 1 is 1.33 bits per heavy atom. The molecule has 1 aromatic rings. The third-order valence-electron chi connectivity index (χ3n) is 3.64. The first kappa shape index (κ1) is 13.5. The quantitative estimate of drug-likeness (QED) is 0.640. The Morgan fingerprint density at radius 2 is 2.11 bits per heavy atom. The van der Waals surface area contributed by atoms with Gasteiger partial charge in [-0.05, 0) is 19.3 Å². The molecule has 0 bridgehead atoms. The summed E-state index contributed by atoms with van der Waals surface area (Å²) in [6, 6.07) is 0. The van der Waals surface area contributed by atoms with Crippen LogP contribution in [0.4, 0.5) is 0 Å². The Morgan fingerprint density at radius 3 is 2.78 bits per heavy atom. The SMILES string of the molecule is OCCCn1cc(CNC2(CO)CCCC2)nn1. The summed E-state index contributed by atoms with van der Waals surface area (Å²) in [5.74, 6) is 0. The lowest BCUT2D eigenvalue weighted by atomic mass is 9.99. The molecule has 1 aliphatic carbocycles. The Balaban J connectivity index is 1.83. The first-order valence-electron chi connectivity index (χ1n) is 6.64. The molecule has 0 spiro atoms. The van der Waals surface area contributed by atoms with Crippen molar-refractivity contribution in [3.05, 3.63) is 11.9 Å². The maximum Gasteiger partial charge on any atom is 0.0965 e. The summed E-state index contributed by atoms with van der Waals surface area (Å²) in [5.41, 5.74) is 0.766. The Bertz CT molecular complexity index is 361. The molecule has 2 rings (SSSR count). The monoisotopic (exact) mass is 254 g/mol. The lowest BCUT2D eigenvalue weighted by Gasteiger charge is -2.27. The van der Waals surface area contributed by atoms with Crippen LogP contribution in [0, 0.1) is 0 Å². The fourth-order valence-electron chi connectivity index (χ4n) is 2.48. The molecule has 102 valence electrons. The van der Waals surface area contributed by atoms with Crippen molar-refractivity contribution in [1.82, 2.24) is 20.3 Å². The minimum Gasteiger partial charge on any atom is -0.396 e. The minimum atomic E-state index is -0.116. The molecule has 0 unspecified atom stereocenters. The maximum atomic E-state index is 9.48. The molecule has 1 saturated carbocycles. The van der Waals surface area contributed by atoms with Crippen molar-refractivity contribution in [3.8, 4) is 0 Å². The van der Waals surface area contributed by atoms with Crippen molar-refractivity contribution >= 4 is 0 Å². The molecule has 0 radical (unpaired) electrons. The lowest BCUT2D eigenvalue weighted by molar-refractivity contribution is 0.162. The normalized spacial score (nSPS) is 18.3. The number of aryl methyl sites for hydroxylation is 1. The van der Waals surface area contributed by atoms with E-state index in [1.807, 2.05) is 6.20 Å². The van der Waals surface area contributed by atoms with Gasteiger partial charge in [0.2, 0.25) is 0 Å². The molecule has 0 aliphatic heterocycles. The van der Waals surface area contributed by atoms with Gasteiger partial charge in [0.1, 0.15) is 0 Å². The summed E-state index contributed by atoms with van der Waals surface area (Å²) < 4.78 is 1.74. The highest BCUT2D eigenvalue weighted by molar-refractivity contribution is 4.97. The number of aliphatic hydroxyl groups is 2. The predicted octanol–water partition coefficient (Wildman–Crippen LogP) is 0.0552. The van der Waals surface area contributed by atoms with Crippen LogP contribution in [-0.2, 0) is 13.1 Å². The summed E-state index contributed by atoms with van der Waals surface area (Å²) in [6.45, 7) is 1.68. The van der Waals surface area contributed by atoms with Crippen molar-refractivity contribution in [2.75, 3.05) is 13.2 Å². The molecule has 1 fully saturated rings. The first-order valence-corrected chi connectivity index (χ1v) is 6.64.